The van der Waals surface area contributed by atoms with E-state index < -0.39 is 0 Å². The van der Waals surface area contributed by atoms with Crippen molar-refractivity contribution in [1.29, 1.82) is 0 Å². The maximum Gasteiger partial charge on any atom is 0.273 e. The van der Waals surface area contributed by atoms with Crippen LogP contribution >= 0.6 is 11.6 Å². The number of carbonyl (C=O) groups is 2. The third-order valence-electron chi connectivity index (χ3n) is 5.02. The molecule has 0 N–H and O–H groups in total. The van der Waals surface area contributed by atoms with Crippen molar-refractivity contribution < 1.29 is 9.59 Å². The largest absolute Gasteiger partial charge is 0.337 e. The van der Waals surface area contributed by atoms with Crippen molar-refractivity contribution >= 4 is 34.2 Å². The van der Waals surface area contributed by atoms with Gasteiger partial charge in [0.1, 0.15) is 16.5 Å². The van der Waals surface area contributed by atoms with Crippen LogP contribution in [0, 0.1) is 6.92 Å². The minimum atomic E-state index is -0.107. The van der Waals surface area contributed by atoms with Crippen LogP contribution in [-0.2, 0) is 0 Å². The summed E-state index contributed by atoms with van der Waals surface area (Å²) in [6, 6.07) is 5.31. The average Bonchev–Trinajstić information content (AvgIpc) is 2.64. The van der Waals surface area contributed by atoms with Gasteiger partial charge in [0, 0.05) is 54.5 Å². The molecule has 0 spiro atoms. The first-order valence-corrected chi connectivity index (χ1v) is 9.61. The van der Waals surface area contributed by atoms with Crippen molar-refractivity contribution in [3.05, 3.63) is 52.7 Å². The average molecular weight is 395 g/mol. The first-order valence-electron chi connectivity index (χ1n) is 9.23. The topological polar surface area (TPSA) is 76.1 Å². The van der Waals surface area contributed by atoms with Gasteiger partial charge in [-0.15, -0.1) is 0 Å². The Morgan fingerprint density at radius 1 is 1.11 bits per heavy atom. The zero-order chi connectivity index (χ0) is 19.8. The summed E-state index contributed by atoms with van der Waals surface area (Å²) in [5.74, 6) is -0.119. The Labute approximate surface area is 167 Å². The van der Waals surface area contributed by atoms with Gasteiger partial charge >= 0.3 is 0 Å². The van der Waals surface area contributed by atoms with Crippen LogP contribution in [0.2, 0.25) is 5.15 Å². The van der Waals surface area contributed by atoms with Gasteiger partial charge in [-0.1, -0.05) is 18.5 Å². The first-order chi connectivity index (χ1) is 13.5. The van der Waals surface area contributed by atoms with Gasteiger partial charge in [-0.3, -0.25) is 14.6 Å². The highest BCUT2D eigenvalue weighted by Gasteiger charge is 2.26. The number of rotatable bonds is 4. The SMILES string of the molecule is CCC(=O)c1cc(C)c(-c2cc3cnc(Cl)cc3nc2C(=O)N2CCC2)cn1. The fraction of sp³-hybridized carbons (Fsp3) is 0.286. The van der Waals surface area contributed by atoms with Crippen molar-refractivity contribution in [3.8, 4) is 11.1 Å². The molecule has 3 aromatic rings. The summed E-state index contributed by atoms with van der Waals surface area (Å²) < 4.78 is 0. The summed E-state index contributed by atoms with van der Waals surface area (Å²) in [7, 11) is 0. The number of hydrogen-bond acceptors (Lipinski definition) is 5. The number of ketones is 1. The molecule has 28 heavy (non-hydrogen) atoms. The lowest BCUT2D eigenvalue weighted by Crippen LogP contribution is -2.42. The van der Waals surface area contributed by atoms with Crippen molar-refractivity contribution in [2.75, 3.05) is 13.1 Å². The molecule has 1 amide bonds. The highest BCUT2D eigenvalue weighted by molar-refractivity contribution is 6.30. The van der Waals surface area contributed by atoms with Crippen LogP contribution in [0.25, 0.3) is 22.0 Å². The van der Waals surface area contributed by atoms with Gasteiger partial charge in [0.05, 0.1) is 5.52 Å². The summed E-state index contributed by atoms with van der Waals surface area (Å²) in [6.45, 7) is 5.18. The number of aromatic nitrogens is 3. The Balaban J connectivity index is 1.90. The lowest BCUT2D eigenvalue weighted by atomic mass is 9.97. The molecule has 0 aliphatic carbocycles. The van der Waals surface area contributed by atoms with E-state index in [9.17, 15) is 9.59 Å². The molecule has 3 aromatic heterocycles. The fourth-order valence-electron chi connectivity index (χ4n) is 3.25. The summed E-state index contributed by atoms with van der Waals surface area (Å²) in [4.78, 5) is 39.8. The van der Waals surface area contributed by atoms with Gasteiger partial charge in [-0.05, 0) is 31.0 Å². The Morgan fingerprint density at radius 3 is 2.54 bits per heavy atom. The molecule has 142 valence electrons. The minimum Gasteiger partial charge on any atom is -0.337 e. The molecule has 6 nitrogen and oxygen atoms in total. The molecule has 0 unspecified atom stereocenters. The van der Waals surface area contributed by atoms with Gasteiger partial charge in [0.2, 0.25) is 0 Å². The number of nitrogens with zero attached hydrogens (tertiary/aromatic N) is 4. The van der Waals surface area contributed by atoms with Crippen LogP contribution in [0.5, 0.6) is 0 Å². The molecule has 1 aliphatic rings. The molecule has 0 saturated carbocycles. The zero-order valence-corrected chi connectivity index (χ0v) is 16.5. The molecule has 0 radical (unpaired) electrons. The summed E-state index contributed by atoms with van der Waals surface area (Å²) in [5.41, 5.74) is 3.76. The Morgan fingerprint density at radius 2 is 1.89 bits per heavy atom. The molecular formula is C21H19ClN4O2. The smallest absolute Gasteiger partial charge is 0.273 e. The monoisotopic (exact) mass is 394 g/mol. The second kappa shape index (κ2) is 7.28. The number of pyridine rings is 3. The molecule has 4 heterocycles. The number of amides is 1. The van der Waals surface area contributed by atoms with E-state index in [0.29, 0.717) is 34.0 Å². The van der Waals surface area contributed by atoms with Crippen molar-refractivity contribution in [2.24, 2.45) is 0 Å². The minimum absolute atomic E-state index is 0.0120. The molecule has 0 atom stereocenters. The van der Waals surface area contributed by atoms with Crippen LogP contribution in [0.3, 0.4) is 0 Å². The second-order valence-corrected chi connectivity index (χ2v) is 7.28. The van der Waals surface area contributed by atoms with E-state index >= 15 is 0 Å². The molecular weight excluding hydrogens is 376 g/mol. The van der Waals surface area contributed by atoms with Crippen LogP contribution in [0.1, 0.15) is 46.3 Å². The number of halogens is 1. The maximum atomic E-state index is 13.0. The standard InChI is InChI=1S/C21H19ClN4O2/c1-3-18(27)17-7-12(2)15(11-23-17)14-8-13-10-24-19(22)9-16(13)25-20(14)21(28)26-5-4-6-26/h7-11H,3-6H2,1-2H3. The van der Waals surface area contributed by atoms with Gasteiger partial charge in [0.15, 0.2) is 5.78 Å². The van der Waals surface area contributed by atoms with Gasteiger partial charge < -0.3 is 4.90 Å². The van der Waals surface area contributed by atoms with Gasteiger partial charge in [0.25, 0.3) is 5.91 Å². The van der Waals surface area contributed by atoms with E-state index in [-0.39, 0.29) is 11.7 Å². The Hall–Kier alpha value is -2.86. The van der Waals surface area contributed by atoms with Crippen molar-refractivity contribution in [2.45, 2.75) is 26.7 Å². The van der Waals surface area contributed by atoms with Crippen molar-refractivity contribution in [1.82, 2.24) is 19.9 Å². The van der Waals surface area contributed by atoms with E-state index in [4.69, 9.17) is 11.6 Å². The van der Waals surface area contributed by atoms with Gasteiger partial charge in [-0.2, -0.15) is 0 Å². The van der Waals surface area contributed by atoms with E-state index in [1.54, 1.807) is 29.4 Å². The zero-order valence-electron chi connectivity index (χ0n) is 15.7. The van der Waals surface area contributed by atoms with E-state index in [2.05, 4.69) is 15.0 Å². The number of fused-ring (bicyclic) bond motifs is 1. The van der Waals surface area contributed by atoms with Gasteiger partial charge in [-0.25, -0.2) is 9.97 Å². The Bertz CT molecular complexity index is 1110. The van der Waals surface area contributed by atoms with Crippen LogP contribution in [-0.4, -0.2) is 44.6 Å². The van der Waals surface area contributed by atoms with Crippen LogP contribution < -0.4 is 0 Å². The number of carbonyl (C=O) groups excluding carboxylic acids is 2. The number of aryl methyl sites for hydroxylation is 1. The Kier molecular flexibility index (Phi) is 4.81. The lowest BCUT2D eigenvalue weighted by molar-refractivity contribution is 0.0647. The molecule has 0 bridgehead atoms. The predicted molar refractivity (Wildman–Crippen MR) is 108 cm³/mol. The highest BCUT2D eigenvalue weighted by Crippen LogP contribution is 2.31. The lowest BCUT2D eigenvalue weighted by Gasteiger charge is -2.31. The molecule has 1 aliphatic heterocycles. The number of Topliss-reactive ketones (excluding diaryl/α,β-unsaturated/α-hetero) is 1. The quantitative estimate of drug-likeness (QED) is 0.492. The third kappa shape index (κ3) is 3.24. The summed E-state index contributed by atoms with van der Waals surface area (Å²) in [5, 5.41) is 1.11. The molecule has 1 fully saturated rings. The van der Waals surface area contributed by atoms with E-state index in [0.717, 1.165) is 36.0 Å². The van der Waals surface area contributed by atoms with Crippen LogP contribution in [0.15, 0.2) is 30.6 Å². The maximum absolute atomic E-state index is 13.0. The molecule has 0 aromatic carbocycles. The first kappa shape index (κ1) is 18.5. The molecule has 1 saturated heterocycles. The second-order valence-electron chi connectivity index (χ2n) is 6.89. The summed E-state index contributed by atoms with van der Waals surface area (Å²) >= 11 is 6.01. The molecule has 7 heteroatoms. The van der Waals surface area contributed by atoms with E-state index in [1.807, 2.05) is 19.9 Å². The summed E-state index contributed by atoms with van der Waals surface area (Å²) in [6.07, 6.45) is 4.69. The normalized spacial score (nSPS) is 13.5. The van der Waals surface area contributed by atoms with Crippen LogP contribution in [0.4, 0.5) is 0 Å². The number of likely N-dealkylation sites (tertiary alicyclic amines) is 1. The fourth-order valence-corrected chi connectivity index (χ4v) is 3.40. The number of hydrogen-bond donors (Lipinski definition) is 0. The van der Waals surface area contributed by atoms with E-state index in [1.165, 1.54) is 0 Å². The molecule has 4 rings (SSSR count). The predicted octanol–water partition coefficient (Wildman–Crippen LogP) is 4.09. The third-order valence-corrected chi connectivity index (χ3v) is 5.23. The highest BCUT2D eigenvalue weighted by atomic mass is 35.5. The van der Waals surface area contributed by atoms with Crippen molar-refractivity contribution in [3.63, 3.8) is 0 Å².